The minimum atomic E-state index is -0.118. The summed E-state index contributed by atoms with van der Waals surface area (Å²) in [6, 6.07) is 9.62. The van der Waals surface area contributed by atoms with E-state index in [-0.39, 0.29) is 24.7 Å². The molecule has 4 nitrogen and oxygen atoms in total. The monoisotopic (exact) mass is 258 g/mol. The quantitative estimate of drug-likeness (QED) is 0.497. The summed E-state index contributed by atoms with van der Waals surface area (Å²) < 4.78 is 1.48. The number of nitrogens with one attached hydrogen (secondary N) is 1. The number of carbonyl (C=O) groups is 2. The first-order valence-corrected chi connectivity index (χ1v) is 6.49. The second-order valence-corrected chi connectivity index (χ2v) is 4.62. The van der Waals surface area contributed by atoms with Crippen LogP contribution in [-0.2, 0) is 9.59 Å². The van der Waals surface area contributed by atoms with Gasteiger partial charge in [0, 0.05) is 30.8 Å². The largest absolute Gasteiger partial charge is 0.390 e. The number of amides is 2. The molecule has 1 aliphatic rings. The molecule has 0 aromatic heterocycles. The van der Waals surface area contributed by atoms with Crippen LogP contribution in [-0.4, -0.2) is 28.6 Å². The first-order valence-electron chi connectivity index (χ1n) is 6.49. The van der Waals surface area contributed by atoms with E-state index in [1.807, 2.05) is 30.3 Å². The molecule has 1 aromatic carbocycles. The van der Waals surface area contributed by atoms with Crippen molar-refractivity contribution in [1.29, 1.82) is 0 Å². The summed E-state index contributed by atoms with van der Waals surface area (Å²) in [5.41, 5.74) is 0.769. The van der Waals surface area contributed by atoms with Gasteiger partial charge in [0.15, 0.2) is 0 Å². The smallest absolute Gasteiger partial charge is 0.353 e. The zero-order valence-corrected chi connectivity index (χ0v) is 10.8. The molecule has 19 heavy (non-hydrogen) atoms. The summed E-state index contributed by atoms with van der Waals surface area (Å²) in [6.07, 6.45) is 4.02. The van der Waals surface area contributed by atoms with Gasteiger partial charge in [0.1, 0.15) is 0 Å². The molecule has 4 heteroatoms. The summed E-state index contributed by atoms with van der Waals surface area (Å²) in [7, 11) is 0. The van der Waals surface area contributed by atoms with E-state index in [0.717, 1.165) is 18.5 Å². The molecule has 1 N–H and O–H groups in total. The van der Waals surface area contributed by atoms with E-state index in [9.17, 15) is 9.59 Å². The molecule has 0 heterocycles. The molecule has 0 atom stereocenters. The second kappa shape index (κ2) is 6.18. The Kier molecular flexibility index (Phi) is 4.34. The molecule has 0 radical (unpaired) electrons. The third-order valence-electron chi connectivity index (χ3n) is 2.99. The van der Waals surface area contributed by atoms with E-state index in [4.69, 9.17) is 0 Å². The molecule has 0 bridgehead atoms. The Morgan fingerprint density at radius 2 is 1.95 bits per heavy atom. The number of benzene rings is 1. The van der Waals surface area contributed by atoms with Gasteiger partial charge in [-0.25, -0.2) is 4.79 Å². The highest BCUT2D eigenvalue weighted by molar-refractivity contribution is 5.83. The van der Waals surface area contributed by atoms with Crippen molar-refractivity contribution in [2.24, 2.45) is 0 Å². The van der Waals surface area contributed by atoms with Crippen molar-refractivity contribution in [3.63, 3.8) is 0 Å². The lowest BCUT2D eigenvalue weighted by Gasteiger charge is -2.03. The van der Waals surface area contributed by atoms with Gasteiger partial charge in [-0.1, -0.05) is 18.2 Å². The molecule has 100 valence electrons. The molecule has 1 fully saturated rings. The van der Waals surface area contributed by atoms with Gasteiger partial charge in [0.25, 0.3) is 0 Å². The van der Waals surface area contributed by atoms with Crippen LogP contribution in [0.3, 0.4) is 0 Å². The zero-order valence-electron chi connectivity index (χ0n) is 10.8. The van der Waals surface area contributed by atoms with Crippen molar-refractivity contribution in [2.45, 2.75) is 31.7 Å². The van der Waals surface area contributed by atoms with Gasteiger partial charge in [0.05, 0.1) is 6.42 Å². The highest BCUT2D eigenvalue weighted by atomic mass is 16.2. The fraction of sp³-hybridized carbons (Fsp3) is 0.333. The van der Waals surface area contributed by atoms with Crippen LogP contribution in [0.5, 0.6) is 0 Å². The Balaban J connectivity index is 1.88. The van der Waals surface area contributed by atoms with E-state index < -0.39 is 0 Å². The van der Waals surface area contributed by atoms with Crippen molar-refractivity contribution in [3.8, 4) is 0 Å². The Bertz CT molecular complexity index is 490. The van der Waals surface area contributed by atoms with E-state index in [1.54, 1.807) is 0 Å². The third kappa shape index (κ3) is 3.95. The fourth-order valence-corrected chi connectivity index (χ4v) is 1.81. The predicted molar refractivity (Wildman–Crippen MR) is 73.2 cm³/mol. The molecule has 0 spiro atoms. The van der Waals surface area contributed by atoms with Gasteiger partial charge in [-0.2, -0.15) is 4.58 Å². The maximum Gasteiger partial charge on any atom is 0.390 e. The zero-order chi connectivity index (χ0) is 13.7. The highest BCUT2D eigenvalue weighted by Gasteiger charge is 2.24. The molecular weight excluding hydrogens is 240 g/mol. The van der Waals surface area contributed by atoms with Gasteiger partial charge in [-0.3, -0.25) is 4.79 Å². The minimum Gasteiger partial charge on any atom is -0.353 e. The average Bonchev–Trinajstić information content (AvgIpc) is 3.22. The molecule has 2 amide bonds. The van der Waals surface area contributed by atoms with Crippen molar-refractivity contribution >= 4 is 23.7 Å². The number of hydrogen-bond acceptors (Lipinski definition) is 2. The molecular formula is C15H18N2O2. The lowest BCUT2D eigenvalue weighted by Crippen LogP contribution is -2.27. The summed E-state index contributed by atoms with van der Waals surface area (Å²) >= 11 is 0. The molecule has 2 rings (SSSR count). The van der Waals surface area contributed by atoms with E-state index in [1.165, 1.54) is 10.8 Å². The fourth-order valence-electron chi connectivity index (χ4n) is 1.81. The maximum absolute atomic E-state index is 12.1. The second-order valence-electron chi connectivity index (χ2n) is 4.62. The van der Waals surface area contributed by atoms with Gasteiger partial charge in [-0.15, -0.1) is 0 Å². The van der Waals surface area contributed by atoms with Crippen LogP contribution in [0.2, 0.25) is 0 Å². The van der Waals surface area contributed by atoms with Gasteiger partial charge >= 0.3 is 5.91 Å². The van der Waals surface area contributed by atoms with Crippen LogP contribution in [0.4, 0.5) is 5.69 Å². The standard InChI is InChI=1S/C15H18N2O2/c1-2-17(13-6-4-3-5-7-13)15(19)11-10-14(18)16-12-8-9-12/h2-7,12H,1,8-11H2,(H,16,18)/b17-2+. The summed E-state index contributed by atoms with van der Waals surface area (Å²) in [6.45, 7) is 3.65. The first-order chi connectivity index (χ1) is 9.20. The third-order valence-corrected chi connectivity index (χ3v) is 2.99. The van der Waals surface area contributed by atoms with Crippen LogP contribution in [0.1, 0.15) is 25.7 Å². The van der Waals surface area contributed by atoms with Crippen LogP contribution in [0, 0.1) is 6.92 Å². The van der Waals surface area contributed by atoms with Gasteiger partial charge < -0.3 is 12.2 Å². The van der Waals surface area contributed by atoms with Crippen LogP contribution in [0.25, 0.3) is 0 Å². The Morgan fingerprint density at radius 1 is 1.26 bits per heavy atom. The van der Waals surface area contributed by atoms with Crippen molar-refractivity contribution < 1.29 is 14.2 Å². The minimum absolute atomic E-state index is 0.0482. The van der Waals surface area contributed by atoms with Crippen molar-refractivity contribution in [1.82, 2.24) is 5.32 Å². The summed E-state index contributed by atoms with van der Waals surface area (Å²) in [5, 5.41) is 2.87. The van der Waals surface area contributed by atoms with E-state index in [0.29, 0.717) is 6.04 Å². The molecule has 0 unspecified atom stereocenters. The normalized spacial score (nSPS) is 15.1. The summed E-state index contributed by atoms with van der Waals surface area (Å²) in [4.78, 5) is 23.6. The first kappa shape index (κ1) is 13.3. The molecule has 1 aromatic rings. The van der Waals surface area contributed by atoms with E-state index in [2.05, 4.69) is 12.2 Å². The Hall–Kier alpha value is -2.10. The maximum atomic E-state index is 12.1. The molecule has 0 saturated heterocycles. The van der Waals surface area contributed by atoms with E-state index >= 15 is 0 Å². The SMILES string of the molecule is [CH2-]/C=[N+](/C(=O)CCC(=O)NC1CC1)c1ccccc1. The topological polar surface area (TPSA) is 49.2 Å². The number of para-hydroxylation sites is 1. The Labute approximate surface area is 113 Å². The number of carbonyl (C=O) groups excluding carboxylic acids is 2. The number of nitrogens with zero attached hydrogens (tertiary/aromatic N) is 1. The lowest BCUT2D eigenvalue weighted by molar-refractivity contribution is -0.362. The molecule has 0 aliphatic heterocycles. The lowest BCUT2D eigenvalue weighted by atomic mass is 10.2. The summed E-state index contributed by atoms with van der Waals surface area (Å²) in [5.74, 6) is -0.167. The number of rotatable bonds is 5. The molecule has 1 aliphatic carbocycles. The van der Waals surface area contributed by atoms with Crippen LogP contribution >= 0.6 is 0 Å². The predicted octanol–water partition coefficient (Wildman–Crippen LogP) is 1.82. The van der Waals surface area contributed by atoms with Gasteiger partial charge in [0.2, 0.25) is 11.6 Å². The van der Waals surface area contributed by atoms with Crippen LogP contribution < -0.4 is 5.32 Å². The highest BCUT2D eigenvalue weighted by Crippen LogP contribution is 2.19. The molecule has 1 saturated carbocycles. The Morgan fingerprint density at radius 3 is 2.53 bits per heavy atom. The average molecular weight is 258 g/mol. The van der Waals surface area contributed by atoms with Gasteiger partial charge in [-0.05, 0) is 12.8 Å². The van der Waals surface area contributed by atoms with Crippen LogP contribution in [0.15, 0.2) is 30.3 Å². The van der Waals surface area contributed by atoms with Crippen molar-refractivity contribution in [2.75, 3.05) is 0 Å². The van der Waals surface area contributed by atoms with Crippen molar-refractivity contribution in [3.05, 3.63) is 37.3 Å². The number of hydrogen-bond donors (Lipinski definition) is 1.